The first-order valence-corrected chi connectivity index (χ1v) is 13.2. The van der Waals surface area contributed by atoms with Crippen molar-refractivity contribution in [2.45, 2.75) is 44.8 Å². The van der Waals surface area contributed by atoms with E-state index in [0.717, 1.165) is 0 Å². The predicted octanol–water partition coefficient (Wildman–Crippen LogP) is 0.468. The number of phenolic OH excluding ortho intramolecular Hbond substituents is 1. The van der Waals surface area contributed by atoms with Crippen molar-refractivity contribution in [2.24, 2.45) is 28.4 Å². The lowest BCUT2D eigenvalue weighted by atomic mass is 9.42. The maximum atomic E-state index is 14.2. The first-order chi connectivity index (χ1) is 19.1. The molecule has 0 aliphatic heterocycles. The molecule has 5 rings (SSSR count). The number of pyridine rings is 1. The summed E-state index contributed by atoms with van der Waals surface area (Å²) in [6.07, 6.45) is 1.29. The van der Waals surface area contributed by atoms with Crippen LogP contribution in [0, 0.1) is 22.7 Å². The van der Waals surface area contributed by atoms with Crippen molar-refractivity contribution in [3.63, 3.8) is 0 Å². The zero-order valence-corrected chi connectivity index (χ0v) is 23.1. The average Bonchev–Trinajstić information content (AvgIpc) is 2.86. The molecule has 1 aromatic carbocycles. The highest BCUT2D eigenvalue weighted by atomic mass is 16.3. The Morgan fingerprint density at radius 3 is 2.34 bits per heavy atom. The minimum absolute atomic E-state index is 0.0321. The SMILES string of the molecule is CN(C)[C@@H]1C(=O)C(C(N)=O)C(=O)[C@@]2(O)C(=O)C3C(=O)c4c(O)ccc(C(=O)Cc5ccccn5)c4C[C@@]3(C)C[C@@]12C. The van der Waals surface area contributed by atoms with Gasteiger partial charge in [0.2, 0.25) is 5.91 Å². The number of fused-ring (bicyclic) bond motifs is 3. The van der Waals surface area contributed by atoms with Gasteiger partial charge in [0.15, 0.2) is 40.4 Å². The molecule has 6 atom stereocenters. The zero-order valence-electron chi connectivity index (χ0n) is 23.1. The maximum Gasteiger partial charge on any atom is 0.235 e. The van der Waals surface area contributed by atoms with E-state index in [2.05, 4.69) is 4.98 Å². The van der Waals surface area contributed by atoms with Crippen molar-refractivity contribution >= 4 is 34.8 Å². The second-order valence-electron chi connectivity index (χ2n) is 12.2. The summed E-state index contributed by atoms with van der Waals surface area (Å²) in [4.78, 5) is 86.6. The van der Waals surface area contributed by atoms with Crippen LogP contribution < -0.4 is 5.73 Å². The Balaban J connectivity index is 1.68. The summed E-state index contributed by atoms with van der Waals surface area (Å²) in [5.41, 5.74) is 0.222. The van der Waals surface area contributed by atoms with E-state index in [-0.39, 0.29) is 41.7 Å². The number of likely N-dealkylation sites (N-methyl/N-ethyl adjacent to an activating group) is 1. The van der Waals surface area contributed by atoms with Crippen LogP contribution in [-0.2, 0) is 32.0 Å². The van der Waals surface area contributed by atoms with Crippen LogP contribution in [-0.4, -0.2) is 80.7 Å². The van der Waals surface area contributed by atoms with Crippen LogP contribution in [0.15, 0.2) is 36.5 Å². The lowest BCUT2D eigenvalue weighted by Crippen LogP contribution is -2.79. The van der Waals surface area contributed by atoms with Gasteiger partial charge in [0.05, 0.1) is 23.9 Å². The van der Waals surface area contributed by atoms with E-state index in [1.54, 1.807) is 31.3 Å². The summed E-state index contributed by atoms with van der Waals surface area (Å²) in [5, 5.41) is 22.7. The molecule has 11 nitrogen and oxygen atoms in total. The molecular weight excluding hydrogens is 530 g/mol. The summed E-state index contributed by atoms with van der Waals surface area (Å²) >= 11 is 0. The van der Waals surface area contributed by atoms with Gasteiger partial charge in [-0.1, -0.05) is 19.9 Å². The van der Waals surface area contributed by atoms with E-state index in [1.165, 1.54) is 38.1 Å². The largest absolute Gasteiger partial charge is 0.507 e. The molecule has 2 unspecified atom stereocenters. The molecule has 0 saturated heterocycles. The van der Waals surface area contributed by atoms with Crippen molar-refractivity contribution < 1.29 is 39.0 Å². The summed E-state index contributed by atoms with van der Waals surface area (Å²) < 4.78 is 0. The van der Waals surface area contributed by atoms with Gasteiger partial charge in [-0.05, 0) is 62.2 Å². The van der Waals surface area contributed by atoms with Gasteiger partial charge in [0.25, 0.3) is 0 Å². The van der Waals surface area contributed by atoms with E-state index >= 15 is 0 Å². The third-order valence-corrected chi connectivity index (χ3v) is 9.24. The molecule has 214 valence electrons. The number of carbonyl (C=O) groups excluding carboxylic acids is 6. The van der Waals surface area contributed by atoms with E-state index in [1.807, 2.05) is 0 Å². The number of aliphatic hydroxyl groups is 1. The number of benzene rings is 1. The fourth-order valence-electron chi connectivity index (χ4n) is 7.74. The number of hydrogen-bond acceptors (Lipinski definition) is 10. The van der Waals surface area contributed by atoms with Gasteiger partial charge in [-0.15, -0.1) is 0 Å². The Bertz CT molecular complexity index is 1550. The van der Waals surface area contributed by atoms with Crippen LogP contribution in [0.25, 0.3) is 0 Å². The molecule has 2 fully saturated rings. The number of nitrogens with two attached hydrogens (primary N) is 1. The molecule has 3 aliphatic rings. The molecule has 0 radical (unpaired) electrons. The first kappa shape index (κ1) is 28.4. The molecule has 1 aromatic heterocycles. The molecule has 4 N–H and O–H groups in total. The standard InChI is InChI=1S/C30H31N3O8/c1-28-12-16-15(18(35)11-14-7-5-6-10-32-14)8-9-17(34)19(16)22(36)21(28)26(39)30(41)25(38)20(27(31)40)23(37)24(33(3)4)29(30,2)13-28/h5-10,20-21,24,34,41H,11-13H2,1-4H3,(H2,31,40)/t20?,21?,24-,28+,29+,30-/m1/s1. The maximum absolute atomic E-state index is 14.2. The highest BCUT2D eigenvalue weighted by molar-refractivity contribution is 6.33. The van der Waals surface area contributed by atoms with Crippen molar-refractivity contribution in [1.82, 2.24) is 9.88 Å². The van der Waals surface area contributed by atoms with Gasteiger partial charge < -0.3 is 15.9 Å². The number of nitrogens with zero attached hydrogens (tertiary/aromatic N) is 2. The van der Waals surface area contributed by atoms with Gasteiger partial charge in [-0.2, -0.15) is 0 Å². The van der Waals surface area contributed by atoms with Gasteiger partial charge in [-0.25, -0.2) is 0 Å². The smallest absolute Gasteiger partial charge is 0.235 e. The molecular formula is C30H31N3O8. The molecule has 41 heavy (non-hydrogen) atoms. The second-order valence-corrected chi connectivity index (χ2v) is 12.2. The Morgan fingerprint density at radius 2 is 1.76 bits per heavy atom. The number of aromatic nitrogens is 1. The lowest BCUT2D eigenvalue weighted by Gasteiger charge is -2.61. The number of primary amides is 1. The van der Waals surface area contributed by atoms with E-state index in [4.69, 9.17) is 5.73 Å². The Hall–Kier alpha value is -4.09. The highest BCUT2D eigenvalue weighted by Crippen LogP contribution is 2.61. The van der Waals surface area contributed by atoms with Gasteiger partial charge in [-0.3, -0.25) is 38.7 Å². The van der Waals surface area contributed by atoms with Gasteiger partial charge in [0.1, 0.15) is 5.75 Å². The van der Waals surface area contributed by atoms with E-state index in [0.29, 0.717) is 5.69 Å². The van der Waals surface area contributed by atoms with Crippen LogP contribution >= 0.6 is 0 Å². The zero-order chi connectivity index (χ0) is 30.2. The summed E-state index contributed by atoms with van der Waals surface area (Å²) in [6, 6.07) is 6.50. The molecule has 2 aromatic rings. The highest BCUT2D eigenvalue weighted by Gasteiger charge is 2.76. The quantitative estimate of drug-likeness (QED) is 0.342. The fourth-order valence-corrected chi connectivity index (χ4v) is 7.74. The second kappa shape index (κ2) is 9.22. The fraction of sp³-hybridized carbons (Fsp3) is 0.433. The molecule has 3 aliphatic carbocycles. The van der Waals surface area contributed by atoms with Crippen LogP contribution in [0.3, 0.4) is 0 Å². The van der Waals surface area contributed by atoms with Crippen molar-refractivity contribution in [3.8, 4) is 5.75 Å². The number of amides is 1. The molecule has 2 saturated carbocycles. The Labute approximate surface area is 235 Å². The number of rotatable bonds is 5. The average molecular weight is 562 g/mol. The number of Topliss-reactive ketones (excluding diaryl/α,β-unsaturated/α-hetero) is 5. The summed E-state index contributed by atoms with van der Waals surface area (Å²) in [5.74, 6) is -9.91. The van der Waals surface area contributed by atoms with Crippen molar-refractivity contribution in [2.75, 3.05) is 14.1 Å². The minimum Gasteiger partial charge on any atom is -0.507 e. The number of carbonyl (C=O) groups is 6. The topological polar surface area (TPSA) is 185 Å². The summed E-state index contributed by atoms with van der Waals surface area (Å²) in [7, 11) is 3.05. The number of ketones is 5. The summed E-state index contributed by atoms with van der Waals surface area (Å²) in [6.45, 7) is 3.07. The minimum atomic E-state index is -2.88. The molecule has 0 spiro atoms. The first-order valence-electron chi connectivity index (χ1n) is 13.2. The molecule has 11 heteroatoms. The van der Waals surface area contributed by atoms with Crippen LogP contribution in [0.5, 0.6) is 5.75 Å². The van der Waals surface area contributed by atoms with Crippen LogP contribution in [0.4, 0.5) is 0 Å². The monoisotopic (exact) mass is 561 g/mol. The van der Waals surface area contributed by atoms with Crippen LogP contribution in [0.2, 0.25) is 0 Å². The van der Waals surface area contributed by atoms with Crippen molar-refractivity contribution in [3.05, 3.63) is 58.9 Å². The van der Waals surface area contributed by atoms with Crippen molar-refractivity contribution in [1.29, 1.82) is 0 Å². The van der Waals surface area contributed by atoms with Gasteiger partial charge in [0, 0.05) is 22.9 Å². The van der Waals surface area contributed by atoms with E-state index < -0.39 is 69.1 Å². The Morgan fingerprint density at radius 1 is 1.07 bits per heavy atom. The normalized spacial score (nSPS) is 32.8. The third-order valence-electron chi connectivity index (χ3n) is 9.24. The molecule has 1 heterocycles. The van der Waals surface area contributed by atoms with Crippen LogP contribution in [0.1, 0.15) is 52.2 Å². The number of hydrogen-bond donors (Lipinski definition) is 3. The van der Waals surface area contributed by atoms with E-state index in [9.17, 15) is 39.0 Å². The molecule has 0 bridgehead atoms. The number of phenols is 1. The third kappa shape index (κ3) is 3.75. The molecule has 1 amide bonds. The van der Waals surface area contributed by atoms with Gasteiger partial charge >= 0.3 is 0 Å². The number of aromatic hydroxyl groups is 1. The lowest BCUT2D eigenvalue weighted by molar-refractivity contribution is -0.203. The Kier molecular flexibility index (Phi) is 6.39. The predicted molar refractivity (Wildman–Crippen MR) is 143 cm³/mol.